The smallest absolute Gasteiger partial charge is 0.251 e. The first-order chi connectivity index (χ1) is 16.2. The van der Waals surface area contributed by atoms with Crippen LogP contribution in [0.25, 0.3) is 0 Å². The van der Waals surface area contributed by atoms with Gasteiger partial charge in [-0.05, 0) is 23.8 Å². The van der Waals surface area contributed by atoms with Crippen LogP contribution >= 0.6 is 0 Å². The molecule has 5 rings (SSSR count). The average molecular weight is 443 g/mol. The van der Waals surface area contributed by atoms with Gasteiger partial charge in [0, 0.05) is 29.9 Å². The predicted octanol–water partition coefficient (Wildman–Crippen LogP) is 2.20. The van der Waals surface area contributed by atoms with Gasteiger partial charge in [0.2, 0.25) is 6.79 Å². The summed E-state index contributed by atoms with van der Waals surface area (Å²) < 4.78 is 14.1. The number of benzene rings is 2. The molecule has 0 fully saturated rings. The van der Waals surface area contributed by atoms with Crippen LogP contribution in [-0.4, -0.2) is 32.3 Å². The zero-order chi connectivity index (χ0) is 22.6. The van der Waals surface area contributed by atoms with Crippen LogP contribution in [0.3, 0.4) is 0 Å². The lowest BCUT2D eigenvalue weighted by atomic mass is 10.1. The van der Waals surface area contributed by atoms with Gasteiger partial charge in [0.1, 0.15) is 5.69 Å². The number of fused-ring (bicyclic) bond motifs is 1. The Hall–Kier alpha value is -4.40. The molecular formula is C24H21N5O4. The number of amides is 1. The van der Waals surface area contributed by atoms with Gasteiger partial charge in [0.25, 0.3) is 11.5 Å². The lowest BCUT2D eigenvalue weighted by Gasteiger charge is -2.11. The van der Waals surface area contributed by atoms with Crippen LogP contribution in [0.4, 0.5) is 0 Å². The molecule has 2 aromatic heterocycles. The Labute approximate surface area is 189 Å². The average Bonchev–Trinajstić information content (AvgIpc) is 3.49. The van der Waals surface area contributed by atoms with Crippen LogP contribution in [0.15, 0.2) is 77.9 Å². The van der Waals surface area contributed by atoms with E-state index in [0.717, 1.165) is 11.1 Å². The molecular weight excluding hydrogens is 422 g/mol. The van der Waals surface area contributed by atoms with Crippen LogP contribution in [0, 0.1) is 0 Å². The molecule has 0 saturated carbocycles. The minimum Gasteiger partial charge on any atom is -0.454 e. The van der Waals surface area contributed by atoms with Crippen molar-refractivity contribution in [2.45, 2.75) is 19.6 Å². The second-order valence-corrected chi connectivity index (χ2v) is 7.56. The van der Waals surface area contributed by atoms with Gasteiger partial charge in [-0.2, -0.15) is 0 Å². The number of rotatable bonds is 7. The van der Waals surface area contributed by atoms with E-state index in [1.165, 1.54) is 6.07 Å². The minimum atomic E-state index is -0.196. The van der Waals surface area contributed by atoms with Crippen molar-refractivity contribution in [3.05, 3.63) is 106 Å². The van der Waals surface area contributed by atoms with Gasteiger partial charge in [-0.15, -0.1) is 5.10 Å². The largest absolute Gasteiger partial charge is 0.454 e. The summed E-state index contributed by atoms with van der Waals surface area (Å²) in [5, 5.41) is 11.3. The van der Waals surface area contributed by atoms with Crippen LogP contribution in [-0.2, 0) is 19.6 Å². The van der Waals surface area contributed by atoms with E-state index in [4.69, 9.17) is 9.47 Å². The number of carbonyl (C=O) groups excluding carboxylic acids is 1. The third-order valence-electron chi connectivity index (χ3n) is 5.33. The molecule has 1 N–H and O–H groups in total. The molecule has 0 radical (unpaired) electrons. The fraction of sp³-hybridized carbons (Fsp3) is 0.167. The molecule has 33 heavy (non-hydrogen) atoms. The first-order valence-corrected chi connectivity index (χ1v) is 10.5. The molecule has 9 heteroatoms. The van der Waals surface area contributed by atoms with E-state index in [2.05, 4.69) is 15.6 Å². The van der Waals surface area contributed by atoms with Gasteiger partial charge in [-0.25, -0.2) is 4.68 Å². The molecule has 1 amide bonds. The maximum atomic E-state index is 12.9. The lowest BCUT2D eigenvalue weighted by molar-refractivity contribution is 0.0949. The monoisotopic (exact) mass is 443 g/mol. The van der Waals surface area contributed by atoms with Crippen LogP contribution in [0.1, 0.15) is 27.2 Å². The Morgan fingerprint density at radius 3 is 2.73 bits per heavy atom. The zero-order valence-electron chi connectivity index (χ0n) is 17.7. The number of aromatic nitrogens is 4. The summed E-state index contributed by atoms with van der Waals surface area (Å²) >= 11 is 0. The Morgan fingerprint density at radius 1 is 0.970 bits per heavy atom. The van der Waals surface area contributed by atoms with Crippen LogP contribution in [0.5, 0.6) is 11.5 Å². The molecule has 0 bridgehead atoms. The minimum absolute atomic E-state index is 0.102. The van der Waals surface area contributed by atoms with Crippen molar-refractivity contribution in [1.82, 2.24) is 24.9 Å². The molecule has 0 aliphatic carbocycles. The fourth-order valence-corrected chi connectivity index (χ4v) is 3.71. The number of nitrogens with one attached hydrogen (secondary N) is 1. The van der Waals surface area contributed by atoms with Crippen LogP contribution < -0.4 is 20.3 Å². The molecule has 0 atom stereocenters. The third kappa shape index (κ3) is 4.47. The van der Waals surface area contributed by atoms with Gasteiger partial charge in [-0.3, -0.25) is 9.59 Å². The van der Waals surface area contributed by atoms with Crippen LogP contribution in [0.2, 0.25) is 0 Å². The van der Waals surface area contributed by atoms with Gasteiger partial charge >= 0.3 is 0 Å². The van der Waals surface area contributed by atoms with Gasteiger partial charge in [-0.1, -0.05) is 41.6 Å². The Morgan fingerprint density at radius 2 is 1.82 bits per heavy atom. The number of ether oxygens (including phenoxy) is 2. The third-order valence-corrected chi connectivity index (χ3v) is 5.33. The highest BCUT2D eigenvalue weighted by atomic mass is 16.7. The molecule has 4 aromatic rings. The topological polar surface area (TPSA) is 100 Å². The van der Waals surface area contributed by atoms with Crippen molar-refractivity contribution >= 4 is 5.91 Å². The molecule has 0 spiro atoms. The standard InChI is InChI=1S/C24H21N5O4/c30-22-10-3-4-11-28(22)14-19-15-29(27-26-19)13-18-6-1-2-8-20(18)24(31)25-12-17-7-5-9-21-23(17)33-16-32-21/h1-11,15H,12-14,16H2,(H,25,31). The molecule has 1 aliphatic rings. The maximum Gasteiger partial charge on any atom is 0.251 e. The summed E-state index contributed by atoms with van der Waals surface area (Å²) in [4.78, 5) is 24.9. The fourth-order valence-electron chi connectivity index (χ4n) is 3.71. The van der Waals surface area contributed by atoms with Gasteiger partial charge in [0.05, 0.1) is 19.3 Å². The highest BCUT2D eigenvalue weighted by molar-refractivity contribution is 5.95. The molecule has 2 aromatic carbocycles. The summed E-state index contributed by atoms with van der Waals surface area (Å²) in [7, 11) is 0. The highest BCUT2D eigenvalue weighted by Crippen LogP contribution is 2.35. The Bertz CT molecular complexity index is 1360. The molecule has 0 saturated heterocycles. The summed E-state index contributed by atoms with van der Waals surface area (Å²) in [5.74, 6) is 1.15. The predicted molar refractivity (Wildman–Crippen MR) is 119 cm³/mol. The van der Waals surface area contributed by atoms with E-state index in [1.54, 1.807) is 39.8 Å². The van der Waals surface area contributed by atoms with Crippen molar-refractivity contribution in [3.63, 3.8) is 0 Å². The number of hydrogen-bond donors (Lipinski definition) is 1. The molecule has 3 heterocycles. The van der Waals surface area contributed by atoms with E-state index in [0.29, 0.717) is 42.4 Å². The summed E-state index contributed by atoms with van der Waals surface area (Å²) in [6.07, 6.45) is 3.49. The number of nitrogens with zero attached hydrogens (tertiary/aromatic N) is 4. The normalized spacial score (nSPS) is 12.0. The second-order valence-electron chi connectivity index (χ2n) is 7.56. The molecule has 166 valence electrons. The van der Waals surface area contributed by atoms with Crippen molar-refractivity contribution in [2.24, 2.45) is 0 Å². The molecule has 1 aliphatic heterocycles. The van der Waals surface area contributed by atoms with E-state index >= 15 is 0 Å². The Balaban J connectivity index is 1.28. The highest BCUT2D eigenvalue weighted by Gasteiger charge is 2.18. The summed E-state index contributed by atoms with van der Waals surface area (Å²) in [5.41, 5.74) is 2.77. The summed E-state index contributed by atoms with van der Waals surface area (Å²) in [6.45, 7) is 1.20. The van der Waals surface area contributed by atoms with E-state index in [1.807, 2.05) is 36.4 Å². The number of hydrogen-bond acceptors (Lipinski definition) is 6. The molecule has 0 unspecified atom stereocenters. The quantitative estimate of drug-likeness (QED) is 0.470. The molecule has 9 nitrogen and oxygen atoms in total. The number of pyridine rings is 1. The van der Waals surface area contributed by atoms with Crippen molar-refractivity contribution < 1.29 is 14.3 Å². The van der Waals surface area contributed by atoms with E-state index in [9.17, 15) is 9.59 Å². The van der Waals surface area contributed by atoms with Crippen molar-refractivity contribution in [3.8, 4) is 11.5 Å². The van der Waals surface area contributed by atoms with E-state index < -0.39 is 0 Å². The SMILES string of the molecule is O=C(NCc1cccc2c1OCO2)c1ccccc1Cn1cc(Cn2ccccc2=O)nn1. The van der Waals surface area contributed by atoms with Gasteiger partial charge in [0.15, 0.2) is 11.5 Å². The van der Waals surface area contributed by atoms with E-state index in [-0.39, 0.29) is 18.3 Å². The summed E-state index contributed by atoms with van der Waals surface area (Å²) in [6, 6.07) is 18.0. The lowest BCUT2D eigenvalue weighted by Crippen LogP contribution is -2.24. The first kappa shape index (κ1) is 20.5. The second kappa shape index (κ2) is 8.99. The number of para-hydroxylation sites is 1. The van der Waals surface area contributed by atoms with Gasteiger partial charge < -0.3 is 19.4 Å². The first-order valence-electron chi connectivity index (χ1n) is 10.5. The maximum absolute atomic E-state index is 12.9. The number of carbonyl (C=O) groups is 1. The zero-order valence-corrected chi connectivity index (χ0v) is 17.7. The van der Waals surface area contributed by atoms with Crippen molar-refractivity contribution in [2.75, 3.05) is 6.79 Å². The Kier molecular flexibility index (Phi) is 5.59. The van der Waals surface area contributed by atoms with Crippen molar-refractivity contribution in [1.29, 1.82) is 0 Å².